The zero-order valence-corrected chi connectivity index (χ0v) is 22.4. The number of nitrogens with zero attached hydrogens (tertiary/aromatic N) is 5. The predicted molar refractivity (Wildman–Crippen MR) is 154 cm³/mol. The molecule has 3 saturated heterocycles. The molecule has 0 aliphatic carbocycles. The van der Waals surface area contributed by atoms with Crippen LogP contribution in [0.4, 0.5) is 11.5 Å². The van der Waals surface area contributed by atoms with Gasteiger partial charge in [-0.15, -0.1) is 0 Å². The molecule has 6 heterocycles. The number of fused-ring (bicyclic) bond motifs is 3. The molecule has 7 rings (SSSR count). The van der Waals surface area contributed by atoms with Crippen LogP contribution in [0.3, 0.4) is 0 Å². The minimum atomic E-state index is -0.227. The van der Waals surface area contributed by atoms with E-state index >= 15 is 0 Å². The highest BCUT2D eigenvalue weighted by atomic mass is 16.5. The maximum Gasteiger partial charge on any atom is 0.274 e. The normalized spacial score (nSPS) is 23.0. The van der Waals surface area contributed by atoms with Gasteiger partial charge in [0.2, 0.25) is 0 Å². The molecule has 4 aromatic rings. The number of likely N-dealkylation sites (tertiary alicyclic amines) is 1. The van der Waals surface area contributed by atoms with Crippen LogP contribution in [-0.4, -0.2) is 75.2 Å². The maximum atomic E-state index is 13.0. The molecule has 3 aromatic heterocycles. The second kappa shape index (κ2) is 10.6. The van der Waals surface area contributed by atoms with Crippen molar-refractivity contribution in [1.82, 2.24) is 24.8 Å². The number of nitrogens with two attached hydrogens (primary N) is 1. The van der Waals surface area contributed by atoms with Gasteiger partial charge in [0.15, 0.2) is 0 Å². The largest absolute Gasteiger partial charge is 0.371 e. The van der Waals surface area contributed by atoms with Crippen LogP contribution in [-0.2, 0) is 11.3 Å². The van der Waals surface area contributed by atoms with E-state index in [1.54, 1.807) is 12.5 Å². The fourth-order valence-electron chi connectivity index (χ4n) is 6.24. The zero-order valence-electron chi connectivity index (χ0n) is 22.4. The van der Waals surface area contributed by atoms with Crippen LogP contribution in [0.2, 0.25) is 0 Å². The van der Waals surface area contributed by atoms with Crippen LogP contribution in [0, 0.1) is 0 Å². The third kappa shape index (κ3) is 5.17. The van der Waals surface area contributed by atoms with Crippen LogP contribution < -0.4 is 16.0 Å². The number of benzene rings is 1. The van der Waals surface area contributed by atoms with E-state index in [0.29, 0.717) is 11.4 Å². The molecule has 0 radical (unpaired) electrons. The van der Waals surface area contributed by atoms with E-state index in [4.69, 9.17) is 10.5 Å². The van der Waals surface area contributed by atoms with Gasteiger partial charge >= 0.3 is 0 Å². The fraction of sp³-hybridized carbons (Fsp3) is 0.400. The topological polar surface area (TPSA) is 125 Å². The average molecular weight is 539 g/mol. The van der Waals surface area contributed by atoms with Crippen molar-refractivity contribution in [2.75, 3.05) is 36.4 Å². The summed E-state index contributed by atoms with van der Waals surface area (Å²) in [5.41, 5.74) is 11.1. The minimum Gasteiger partial charge on any atom is -0.371 e. The highest BCUT2D eigenvalue weighted by Crippen LogP contribution is 2.34. The Balaban J connectivity index is 1.04. The number of ether oxygens (including phenoxy) is 1. The summed E-state index contributed by atoms with van der Waals surface area (Å²) in [6.45, 7) is 4.41. The average Bonchev–Trinajstić information content (AvgIpc) is 3.56. The van der Waals surface area contributed by atoms with E-state index in [1.165, 1.54) is 0 Å². The predicted octanol–water partition coefficient (Wildman–Crippen LogP) is 3.56. The molecule has 3 aliphatic rings. The Bertz CT molecular complexity index is 1510. The Morgan fingerprint density at radius 3 is 2.65 bits per heavy atom. The molecule has 2 bridgehead atoms. The number of aromatic nitrogens is 4. The van der Waals surface area contributed by atoms with Crippen LogP contribution in [0.25, 0.3) is 22.3 Å². The summed E-state index contributed by atoms with van der Waals surface area (Å²) >= 11 is 0. The molecule has 4 N–H and O–H groups in total. The summed E-state index contributed by atoms with van der Waals surface area (Å²) in [5.74, 6) is 0.726. The standard InChI is InChI=1S/C30H34N8O2/c31-21-2-1-11-37(15-21)14-19-9-10-32-27(12-19)30(39)35-22-5-3-20(4-6-22)26-13-25-28(36-26)33-18-34-29(25)38-16-23-7-8-24(17-38)40-23/h3-6,9-10,12-13,18,21,23-24H,1-2,7-8,11,14-17,31H2,(H,35,39)(H,33,34,36)/t21-,23-,24+/m1/s1. The van der Waals surface area contributed by atoms with Crippen molar-refractivity contribution in [3.8, 4) is 11.3 Å². The van der Waals surface area contributed by atoms with Crippen molar-refractivity contribution >= 4 is 28.4 Å². The molecule has 40 heavy (non-hydrogen) atoms. The van der Waals surface area contributed by atoms with E-state index < -0.39 is 0 Å². The third-order valence-electron chi connectivity index (χ3n) is 8.21. The number of aromatic amines is 1. The van der Waals surface area contributed by atoms with Gasteiger partial charge in [-0.05, 0) is 73.7 Å². The van der Waals surface area contributed by atoms with Crippen molar-refractivity contribution in [2.45, 2.75) is 50.5 Å². The number of rotatable bonds is 6. The Morgan fingerprint density at radius 2 is 1.85 bits per heavy atom. The monoisotopic (exact) mass is 538 g/mol. The van der Waals surface area contributed by atoms with Crippen LogP contribution in [0.15, 0.2) is 55.0 Å². The molecule has 3 aliphatic heterocycles. The lowest BCUT2D eigenvalue weighted by Crippen LogP contribution is -2.43. The van der Waals surface area contributed by atoms with E-state index in [9.17, 15) is 4.79 Å². The highest BCUT2D eigenvalue weighted by Gasteiger charge is 2.35. The van der Waals surface area contributed by atoms with Crippen LogP contribution in [0.1, 0.15) is 41.7 Å². The molecule has 0 saturated carbocycles. The van der Waals surface area contributed by atoms with Gasteiger partial charge in [-0.2, -0.15) is 0 Å². The van der Waals surface area contributed by atoms with Crippen molar-refractivity contribution in [3.05, 3.63) is 66.2 Å². The maximum absolute atomic E-state index is 13.0. The molecule has 10 heteroatoms. The molecule has 1 aromatic carbocycles. The summed E-state index contributed by atoms with van der Waals surface area (Å²) in [4.78, 5) is 34.5. The first-order valence-electron chi connectivity index (χ1n) is 14.2. The molecule has 3 atom stereocenters. The van der Waals surface area contributed by atoms with Gasteiger partial charge in [0.25, 0.3) is 5.91 Å². The Hall–Kier alpha value is -3.86. The smallest absolute Gasteiger partial charge is 0.274 e. The minimum absolute atomic E-state index is 0.223. The van der Waals surface area contributed by atoms with E-state index in [1.807, 2.05) is 36.4 Å². The highest BCUT2D eigenvalue weighted by molar-refractivity contribution is 6.03. The van der Waals surface area contributed by atoms with Gasteiger partial charge in [0, 0.05) is 49.8 Å². The Morgan fingerprint density at radius 1 is 1.02 bits per heavy atom. The summed E-state index contributed by atoms with van der Waals surface area (Å²) in [6.07, 6.45) is 8.32. The number of amides is 1. The number of morpholine rings is 1. The second-order valence-electron chi connectivity index (χ2n) is 11.2. The first-order chi connectivity index (χ1) is 19.6. The fourth-order valence-corrected chi connectivity index (χ4v) is 6.24. The van der Waals surface area contributed by atoms with Crippen molar-refractivity contribution < 1.29 is 9.53 Å². The van der Waals surface area contributed by atoms with E-state index in [0.717, 1.165) is 92.1 Å². The third-order valence-corrected chi connectivity index (χ3v) is 8.21. The SMILES string of the molecule is N[C@@H]1CCCN(Cc2ccnc(C(=O)Nc3ccc(-c4cc5c(N6C[C@H]7CC[C@@H](C6)O7)ncnc5[nH]4)cc3)c2)C1. The number of nitrogens with one attached hydrogen (secondary N) is 2. The van der Waals surface area contributed by atoms with Crippen molar-refractivity contribution in [3.63, 3.8) is 0 Å². The molecular weight excluding hydrogens is 504 g/mol. The summed E-state index contributed by atoms with van der Waals surface area (Å²) in [6, 6.07) is 14.0. The number of piperidine rings is 1. The number of carbonyl (C=O) groups is 1. The molecule has 3 fully saturated rings. The Labute approximate surface area is 233 Å². The van der Waals surface area contributed by atoms with Gasteiger partial charge in [0.1, 0.15) is 23.5 Å². The van der Waals surface area contributed by atoms with E-state index in [-0.39, 0.29) is 24.2 Å². The number of anilines is 2. The summed E-state index contributed by atoms with van der Waals surface area (Å²) in [7, 11) is 0. The van der Waals surface area contributed by atoms with Gasteiger partial charge in [-0.1, -0.05) is 12.1 Å². The van der Waals surface area contributed by atoms with Crippen molar-refractivity contribution in [2.24, 2.45) is 5.73 Å². The zero-order chi connectivity index (χ0) is 27.1. The lowest BCUT2D eigenvalue weighted by Gasteiger charge is -2.33. The molecule has 10 nitrogen and oxygen atoms in total. The quantitative estimate of drug-likeness (QED) is 0.340. The number of pyridine rings is 1. The lowest BCUT2D eigenvalue weighted by atomic mass is 10.1. The number of hydrogen-bond donors (Lipinski definition) is 3. The van der Waals surface area contributed by atoms with Crippen molar-refractivity contribution in [1.29, 1.82) is 0 Å². The molecule has 0 spiro atoms. The summed E-state index contributed by atoms with van der Waals surface area (Å²) < 4.78 is 6.01. The Kier molecular flexibility index (Phi) is 6.66. The first kappa shape index (κ1) is 25.1. The second-order valence-corrected chi connectivity index (χ2v) is 11.2. The lowest BCUT2D eigenvalue weighted by molar-refractivity contribution is 0.0303. The van der Waals surface area contributed by atoms with Gasteiger partial charge in [-0.3, -0.25) is 14.7 Å². The first-order valence-corrected chi connectivity index (χ1v) is 14.2. The van der Waals surface area contributed by atoms with Gasteiger partial charge < -0.3 is 25.7 Å². The molecular formula is C30H34N8O2. The van der Waals surface area contributed by atoms with Gasteiger partial charge in [0.05, 0.1) is 17.6 Å². The number of hydrogen-bond acceptors (Lipinski definition) is 8. The van der Waals surface area contributed by atoms with Gasteiger partial charge in [-0.25, -0.2) is 9.97 Å². The number of H-pyrrole nitrogens is 1. The van der Waals surface area contributed by atoms with Crippen LogP contribution in [0.5, 0.6) is 0 Å². The van der Waals surface area contributed by atoms with E-state index in [2.05, 4.69) is 41.1 Å². The molecule has 0 unspecified atom stereocenters. The molecule has 1 amide bonds. The molecule has 206 valence electrons. The summed E-state index contributed by atoms with van der Waals surface area (Å²) in [5, 5.41) is 3.99. The van der Waals surface area contributed by atoms with Crippen LogP contribution >= 0.6 is 0 Å². The number of carbonyl (C=O) groups excluding carboxylic acids is 1.